The number of para-hydroxylation sites is 1. The molecule has 1 saturated heterocycles. The van der Waals surface area contributed by atoms with Crippen LogP contribution in [0.4, 0.5) is 11.4 Å². The Morgan fingerprint density at radius 2 is 1.83 bits per heavy atom. The third kappa shape index (κ3) is 5.10. The Kier molecular flexibility index (Phi) is 6.84. The fourth-order valence-electron chi connectivity index (χ4n) is 3.48. The highest BCUT2D eigenvalue weighted by Crippen LogP contribution is 2.27. The number of nitro benzene ring substituents is 1. The van der Waals surface area contributed by atoms with Crippen molar-refractivity contribution in [3.63, 3.8) is 0 Å². The van der Waals surface area contributed by atoms with Crippen LogP contribution in [0.25, 0.3) is 6.08 Å². The highest BCUT2D eigenvalue weighted by atomic mass is 32.1. The number of ether oxygens (including phenoxy) is 1. The van der Waals surface area contributed by atoms with Gasteiger partial charge in [0.15, 0.2) is 5.11 Å². The molecule has 1 fully saturated rings. The maximum Gasteiger partial charge on any atom is 0.335 e. The van der Waals surface area contributed by atoms with Gasteiger partial charge in [-0.2, -0.15) is 0 Å². The fraction of sp³-hybridized carbons (Fsp3) is 0.0400. The van der Waals surface area contributed by atoms with E-state index in [4.69, 9.17) is 17.0 Å². The van der Waals surface area contributed by atoms with Gasteiger partial charge in [0.1, 0.15) is 17.9 Å². The molecule has 0 spiro atoms. The minimum atomic E-state index is -1.18. The summed E-state index contributed by atoms with van der Waals surface area (Å²) in [6, 6.07) is 18.3. The number of carbonyl (C=O) groups is 3. The minimum absolute atomic E-state index is 0.0141. The van der Waals surface area contributed by atoms with Crippen LogP contribution in [0.5, 0.6) is 5.75 Å². The van der Waals surface area contributed by atoms with E-state index in [1.54, 1.807) is 36.4 Å². The number of nitrogens with one attached hydrogen (secondary N) is 1. The van der Waals surface area contributed by atoms with Crippen molar-refractivity contribution < 1.29 is 29.2 Å². The summed E-state index contributed by atoms with van der Waals surface area (Å²) < 4.78 is 5.83. The molecule has 36 heavy (non-hydrogen) atoms. The van der Waals surface area contributed by atoms with Crippen LogP contribution < -0.4 is 15.0 Å². The SMILES string of the molecule is O=C1NC(=S)N(c2cccc(C(=O)O)c2)C(=O)C1=Cc1ccccc1OCc1cccc([N+](=O)[O-])c1. The average Bonchev–Trinajstić information content (AvgIpc) is 2.86. The van der Waals surface area contributed by atoms with Gasteiger partial charge in [-0.05, 0) is 48.1 Å². The topological polar surface area (TPSA) is 139 Å². The Labute approximate surface area is 209 Å². The van der Waals surface area contributed by atoms with Gasteiger partial charge in [0.2, 0.25) is 0 Å². The molecular formula is C25H17N3O7S. The number of aromatic carboxylic acids is 1. The van der Waals surface area contributed by atoms with Crippen LogP contribution in [0.15, 0.2) is 78.4 Å². The molecule has 0 aliphatic carbocycles. The molecule has 4 rings (SSSR count). The van der Waals surface area contributed by atoms with Crippen molar-refractivity contribution in [3.8, 4) is 5.75 Å². The third-order valence-electron chi connectivity index (χ3n) is 5.19. The number of anilines is 1. The van der Waals surface area contributed by atoms with E-state index in [-0.39, 0.29) is 34.2 Å². The number of benzene rings is 3. The summed E-state index contributed by atoms with van der Waals surface area (Å²) in [5.74, 6) is -2.30. The van der Waals surface area contributed by atoms with Gasteiger partial charge in [-0.25, -0.2) is 4.79 Å². The van der Waals surface area contributed by atoms with E-state index >= 15 is 0 Å². The normalized spacial score (nSPS) is 14.5. The Bertz CT molecular complexity index is 1450. The lowest BCUT2D eigenvalue weighted by atomic mass is 10.1. The molecule has 0 bridgehead atoms. The minimum Gasteiger partial charge on any atom is -0.488 e. The zero-order valence-corrected chi connectivity index (χ0v) is 19.2. The van der Waals surface area contributed by atoms with Gasteiger partial charge in [0.05, 0.1) is 16.2 Å². The quantitative estimate of drug-likeness (QED) is 0.164. The molecule has 3 aromatic carbocycles. The summed E-state index contributed by atoms with van der Waals surface area (Å²) in [6.07, 6.45) is 1.34. The first kappa shape index (κ1) is 24.2. The van der Waals surface area contributed by atoms with Crippen molar-refractivity contribution in [1.82, 2.24) is 5.32 Å². The van der Waals surface area contributed by atoms with Crippen LogP contribution in [0.2, 0.25) is 0 Å². The molecular weight excluding hydrogens is 486 g/mol. The second kappa shape index (κ2) is 10.2. The average molecular weight is 503 g/mol. The molecule has 0 unspecified atom stereocenters. The van der Waals surface area contributed by atoms with E-state index in [0.717, 1.165) is 4.90 Å². The maximum absolute atomic E-state index is 13.3. The second-order valence-electron chi connectivity index (χ2n) is 7.57. The molecule has 3 aromatic rings. The smallest absolute Gasteiger partial charge is 0.335 e. The van der Waals surface area contributed by atoms with Crippen LogP contribution in [-0.2, 0) is 16.2 Å². The highest BCUT2D eigenvalue weighted by Gasteiger charge is 2.35. The highest BCUT2D eigenvalue weighted by molar-refractivity contribution is 7.80. The predicted molar refractivity (Wildman–Crippen MR) is 133 cm³/mol. The number of amides is 2. The van der Waals surface area contributed by atoms with Crippen molar-refractivity contribution in [2.75, 3.05) is 4.90 Å². The Morgan fingerprint density at radius 3 is 2.58 bits per heavy atom. The lowest BCUT2D eigenvalue weighted by Crippen LogP contribution is -2.54. The van der Waals surface area contributed by atoms with E-state index in [1.807, 2.05) is 0 Å². The van der Waals surface area contributed by atoms with Crippen LogP contribution in [0, 0.1) is 10.1 Å². The van der Waals surface area contributed by atoms with Crippen LogP contribution >= 0.6 is 12.2 Å². The number of nitrogens with zero attached hydrogens (tertiary/aromatic N) is 2. The predicted octanol–water partition coefficient (Wildman–Crippen LogP) is 3.70. The first-order valence-electron chi connectivity index (χ1n) is 10.4. The van der Waals surface area contributed by atoms with Gasteiger partial charge in [-0.3, -0.25) is 29.9 Å². The molecule has 0 atom stereocenters. The van der Waals surface area contributed by atoms with E-state index in [9.17, 15) is 29.6 Å². The molecule has 2 N–H and O–H groups in total. The zero-order chi connectivity index (χ0) is 25.8. The zero-order valence-electron chi connectivity index (χ0n) is 18.4. The van der Waals surface area contributed by atoms with Crippen molar-refractivity contribution in [2.24, 2.45) is 0 Å². The van der Waals surface area contributed by atoms with Crippen LogP contribution in [0.3, 0.4) is 0 Å². The maximum atomic E-state index is 13.3. The van der Waals surface area contributed by atoms with Gasteiger partial charge in [0, 0.05) is 17.7 Å². The summed E-state index contributed by atoms with van der Waals surface area (Å²) in [6.45, 7) is 0.0141. The summed E-state index contributed by atoms with van der Waals surface area (Å²) in [7, 11) is 0. The number of non-ortho nitro benzene ring substituents is 1. The van der Waals surface area contributed by atoms with Crippen LogP contribution in [-0.4, -0.2) is 32.9 Å². The molecule has 1 aliphatic heterocycles. The van der Waals surface area contributed by atoms with Gasteiger partial charge < -0.3 is 9.84 Å². The fourth-order valence-corrected chi connectivity index (χ4v) is 3.76. The van der Waals surface area contributed by atoms with Gasteiger partial charge in [0.25, 0.3) is 17.5 Å². The van der Waals surface area contributed by atoms with E-state index in [1.165, 1.54) is 42.5 Å². The Balaban J connectivity index is 1.63. The summed E-state index contributed by atoms with van der Waals surface area (Å²) in [5, 5.41) is 22.6. The molecule has 0 saturated carbocycles. The molecule has 10 nitrogen and oxygen atoms in total. The van der Waals surface area contributed by atoms with E-state index in [2.05, 4.69) is 5.32 Å². The molecule has 11 heteroatoms. The lowest BCUT2D eigenvalue weighted by Gasteiger charge is -2.29. The van der Waals surface area contributed by atoms with Crippen molar-refractivity contribution in [2.45, 2.75) is 6.61 Å². The van der Waals surface area contributed by atoms with Gasteiger partial charge in [-0.1, -0.05) is 36.4 Å². The summed E-state index contributed by atoms with van der Waals surface area (Å²) in [5.41, 5.74) is 0.799. The largest absolute Gasteiger partial charge is 0.488 e. The third-order valence-corrected chi connectivity index (χ3v) is 5.47. The second-order valence-corrected chi connectivity index (χ2v) is 7.95. The standard InChI is InChI=1S/C25H17N3O7S/c29-22-20(23(30)27(25(36)26-22)18-8-4-7-17(12-18)24(31)32)13-16-6-1-2-10-21(16)35-14-15-5-3-9-19(11-15)28(33)34/h1-13H,14H2,(H,31,32)(H,26,29,36). The number of carboxylic acids is 1. The number of nitro groups is 1. The lowest BCUT2D eigenvalue weighted by molar-refractivity contribution is -0.384. The summed E-state index contributed by atoms with van der Waals surface area (Å²) >= 11 is 5.17. The van der Waals surface area contributed by atoms with Crippen molar-refractivity contribution >= 4 is 52.6 Å². The summed E-state index contributed by atoms with van der Waals surface area (Å²) in [4.78, 5) is 48.8. The molecule has 0 radical (unpaired) electrons. The van der Waals surface area contributed by atoms with Gasteiger partial charge >= 0.3 is 5.97 Å². The van der Waals surface area contributed by atoms with E-state index in [0.29, 0.717) is 16.9 Å². The molecule has 180 valence electrons. The van der Waals surface area contributed by atoms with Gasteiger partial charge in [-0.15, -0.1) is 0 Å². The van der Waals surface area contributed by atoms with Crippen molar-refractivity contribution in [3.05, 3.63) is 105 Å². The first-order valence-corrected chi connectivity index (χ1v) is 10.9. The van der Waals surface area contributed by atoms with Crippen LogP contribution in [0.1, 0.15) is 21.5 Å². The number of carbonyl (C=O) groups excluding carboxylic acids is 2. The number of hydrogen-bond acceptors (Lipinski definition) is 7. The monoisotopic (exact) mass is 503 g/mol. The Morgan fingerprint density at radius 1 is 1.08 bits per heavy atom. The number of hydrogen-bond donors (Lipinski definition) is 2. The molecule has 2 amide bonds. The van der Waals surface area contributed by atoms with E-state index < -0.39 is 22.7 Å². The molecule has 0 aromatic heterocycles. The first-order chi connectivity index (χ1) is 17.2. The number of thiocarbonyl (C=S) groups is 1. The molecule has 1 heterocycles. The van der Waals surface area contributed by atoms with Crippen molar-refractivity contribution in [1.29, 1.82) is 0 Å². The Hall–Kier alpha value is -4.90. The number of rotatable bonds is 7. The number of carboxylic acid groups (broad SMARTS) is 1. The molecule has 1 aliphatic rings.